The molecule has 3 nitrogen and oxygen atoms in total. The number of ketones is 1. The summed E-state index contributed by atoms with van der Waals surface area (Å²) in [6, 6.07) is 3.03. The molecule has 1 heterocycles. The number of hydrogen-bond donors (Lipinski definition) is 0. The highest BCUT2D eigenvalue weighted by atomic mass is 19.2. The molecule has 0 bridgehead atoms. The average Bonchev–Trinajstić information content (AvgIpc) is 2.92. The zero-order valence-corrected chi connectivity index (χ0v) is 10.5. The van der Waals surface area contributed by atoms with E-state index in [1.54, 1.807) is 4.90 Å². The Balaban J connectivity index is 1.90. The highest BCUT2D eigenvalue weighted by Crippen LogP contribution is 2.14. The second kappa shape index (κ2) is 5.91. The molecular weight excluding hydrogens is 252 g/mol. The zero-order chi connectivity index (χ0) is 13.8. The smallest absolute Gasteiger partial charge is 0.223 e. The Morgan fingerprint density at radius 1 is 1.05 bits per heavy atom. The van der Waals surface area contributed by atoms with Gasteiger partial charge in [0.25, 0.3) is 0 Å². The molecule has 0 saturated carbocycles. The number of amides is 1. The fourth-order valence-corrected chi connectivity index (χ4v) is 2.16. The molecule has 0 aliphatic carbocycles. The first-order valence-corrected chi connectivity index (χ1v) is 6.34. The lowest BCUT2D eigenvalue weighted by Gasteiger charge is -2.14. The summed E-state index contributed by atoms with van der Waals surface area (Å²) in [6.45, 7) is 1.50. The maximum absolute atomic E-state index is 13.0. The van der Waals surface area contributed by atoms with Crippen molar-refractivity contribution >= 4 is 11.7 Å². The molecule has 1 aromatic carbocycles. The summed E-state index contributed by atoms with van der Waals surface area (Å²) < 4.78 is 25.7. The number of halogens is 2. The van der Waals surface area contributed by atoms with Crippen molar-refractivity contribution in [3.8, 4) is 0 Å². The number of Topliss-reactive ketones (excluding diaryl/α,β-unsaturated/α-hetero) is 1. The summed E-state index contributed by atoms with van der Waals surface area (Å²) >= 11 is 0. The van der Waals surface area contributed by atoms with Crippen molar-refractivity contribution in [1.82, 2.24) is 4.90 Å². The second-order valence-electron chi connectivity index (χ2n) is 4.64. The summed E-state index contributed by atoms with van der Waals surface area (Å²) in [7, 11) is 0. The average molecular weight is 267 g/mol. The van der Waals surface area contributed by atoms with E-state index in [2.05, 4.69) is 0 Å². The summed E-state index contributed by atoms with van der Waals surface area (Å²) in [6.07, 6.45) is 2.16. The van der Waals surface area contributed by atoms with Crippen LogP contribution in [0.15, 0.2) is 18.2 Å². The van der Waals surface area contributed by atoms with E-state index in [1.807, 2.05) is 0 Å². The summed E-state index contributed by atoms with van der Waals surface area (Å²) in [5.74, 6) is -2.42. The van der Waals surface area contributed by atoms with Crippen LogP contribution in [-0.4, -0.2) is 29.7 Å². The van der Waals surface area contributed by atoms with Crippen molar-refractivity contribution in [1.29, 1.82) is 0 Å². The lowest BCUT2D eigenvalue weighted by molar-refractivity contribution is -0.130. The van der Waals surface area contributed by atoms with Crippen molar-refractivity contribution in [2.24, 2.45) is 0 Å². The van der Waals surface area contributed by atoms with Gasteiger partial charge < -0.3 is 4.90 Å². The van der Waals surface area contributed by atoms with E-state index in [0.29, 0.717) is 0 Å². The first-order chi connectivity index (χ1) is 9.08. The number of carbonyl (C=O) groups excluding carboxylic acids is 2. The van der Waals surface area contributed by atoms with E-state index in [-0.39, 0.29) is 30.1 Å². The molecule has 0 radical (unpaired) electrons. The monoisotopic (exact) mass is 267 g/mol. The minimum Gasteiger partial charge on any atom is -0.343 e. The van der Waals surface area contributed by atoms with Crippen LogP contribution in [-0.2, 0) is 4.79 Å². The molecular formula is C14H15F2NO2. The van der Waals surface area contributed by atoms with Gasteiger partial charge in [-0.25, -0.2) is 8.78 Å². The Labute approximate surface area is 110 Å². The second-order valence-corrected chi connectivity index (χ2v) is 4.64. The van der Waals surface area contributed by atoms with Gasteiger partial charge in [0.2, 0.25) is 5.91 Å². The van der Waals surface area contributed by atoms with Gasteiger partial charge >= 0.3 is 0 Å². The number of benzene rings is 1. The van der Waals surface area contributed by atoms with Gasteiger partial charge in [-0.3, -0.25) is 9.59 Å². The molecule has 0 spiro atoms. The lowest BCUT2D eigenvalue weighted by Crippen LogP contribution is -2.27. The van der Waals surface area contributed by atoms with Gasteiger partial charge in [0.1, 0.15) is 0 Å². The fourth-order valence-electron chi connectivity index (χ4n) is 2.16. The predicted octanol–water partition coefficient (Wildman–Crippen LogP) is 2.55. The standard InChI is InChI=1S/C14H15F2NO2/c15-11-4-3-10(9-12(11)16)13(18)5-6-14(19)17-7-1-2-8-17/h3-4,9H,1-2,5-8H2. The highest BCUT2D eigenvalue weighted by molar-refractivity contribution is 5.97. The largest absolute Gasteiger partial charge is 0.343 e. The Morgan fingerprint density at radius 2 is 1.74 bits per heavy atom. The molecule has 0 aromatic heterocycles. The first-order valence-electron chi connectivity index (χ1n) is 6.34. The molecule has 1 amide bonds. The maximum atomic E-state index is 13.0. The van der Waals surface area contributed by atoms with Crippen LogP contribution in [0.1, 0.15) is 36.0 Å². The van der Waals surface area contributed by atoms with E-state index in [0.717, 1.165) is 38.1 Å². The molecule has 1 aliphatic heterocycles. The molecule has 2 rings (SSSR count). The van der Waals surface area contributed by atoms with Gasteiger partial charge in [0.05, 0.1) is 0 Å². The zero-order valence-electron chi connectivity index (χ0n) is 10.5. The summed E-state index contributed by atoms with van der Waals surface area (Å²) in [5.41, 5.74) is 0.105. The van der Waals surface area contributed by atoms with Gasteiger partial charge in [-0.2, -0.15) is 0 Å². The van der Waals surface area contributed by atoms with Crippen LogP contribution in [0.25, 0.3) is 0 Å². The van der Waals surface area contributed by atoms with E-state index < -0.39 is 11.6 Å². The molecule has 19 heavy (non-hydrogen) atoms. The van der Waals surface area contributed by atoms with E-state index in [4.69, 9.17) is 0 Å². The van der Waals surface area contributed by atoms with Crippen molar-refractivity contribution in [2.75, 3.05) is 13.1 Å². The van der Waals surface area contributed by atoms with Crippen molar-refractivity contribution in [2.45, 2.75) is 25.7 Å². The Kier molecular flexibility index (Phi) is 4.24. The minimum absolute atomic E-state index is 0.0282. The molecule has 102 valence electrons. The Bertz CT molecular complexity index is 496. The van der Waals surface area contributed by atoms with Crippen LogP contribution in [0.3, 0.4) is 0 Å². The number of hydrogen-bond acceptors (Lipinski definition) is 2. The van der Waals surface area contributed by atoms with E-state index in [9.17, 15) is 18.4 Å². The third-order valence-electron chi connectivity index (χ3n) is 3.27. The predicted molar refractivity (Wildman–Crippen MR) is 65.7 cm³/mol. The number of rotatable bonds is 4. The molecule has 0 unspecified atom stereocenters. The number of nitrogens with zero attached hydrogens (tertiary/aromatic N) is 1. The third-order valence-corrected chi connectivity index (χ3v) is 3.27. The van der Waals surface area contributed by atoms with Gasteiger partial charge in [0, 0.05) is 31.5 Å². The topological polar surface area (TPSA) is 37.4 Å². The van der Waals surface area contributed by atoms with Crippen LogP contribution in [0.2, 0.25) is 0 Å². The lowest BCUT2D eigenvalue weighted by atomic mass is 10.1. The summed E-state index contributed by atoms with van der Waals surface area (Å²) in [5, 5.41) is 0. The van der Waals surface area contributed by atoms with Crippen LogP contribution in [0.5, 0.6) is 0 Å². The Hall–Kier alpha value is -1.78. The fraction of sp³-hybridized carbons (Fsp3) is 0.429. The van der Waals surface area contributed by atoms with Crippen LogP contribution in [0, 0.1) is 11.6 Å². The van der Waals surface area contributed by atoms with Crippen molar-refractivity contribution < 1.29 is 18.4 Å². The minimum atomic E-state index is -1.04. The quantitative estimate of drug-likeness (QED) is 0.786. The molecule has 1 fully saturated rings. The Morgan fingerprint density at radius 3 is 2.37 bits per heavy atom. The normalized spacial score (nSPS) is 14.7. The summed E-state index contributed by atoms with van der Waals surface area (Å²) in [4.78, 5) is 25.2. The number of likely N-dealkylation sites (tertiary alicyclic amines) is 1. The van der Waals surface area contributed by atoms with Crippen molar-refractivity contribution in [3.63, 3.8) is 0 Å². The molecule has 1 aromatic rings. The SMILES string of the molecule is O=C(CCC(=O)N1CCCC1)c1ccc(F)c(F)c1. The van der Waals surface area contributed by atoms with Crippen LogP contribution >= 0.6 is 0 Å². The van der Waals surface area contributed by atoms with Crippen LogP contribution < -0.4 is 0 Å². The molecule has 0 atom stereocenters. The first kappa shape index (κ1) is 13.6. The highest BCUT2D eigenvalue weighted by Gasteiger charge is 2.19. The van der Waals surface area contributed by atoms with E-state index >= 15 is 0 Å². The van der Waals surface area contributed by atoms with E-state index in [1.165, 1.54) is 6.07 Å². The molecule has 0 N–H and O–H groups in total. The van der Waals surface area contributed by atoms with Gasteiger partial charge in [0.15, 0.2) is 17.4 Å². The maximum Gasteiger partial charge on any atom is 0.223 e. The molecule has 5 heteroatoms. The van der Waals surface area contributed by atoms with Crippen molar-refractivity contribution in [3.05, 3.63) is 35.4 Å². The van der Waals surface area contributed by atoms with Gasteiger partial charge in [-0.05, 0) is 31.0 Å². The molecule has 1 aliphatic rings. The van der Waals surface area contributed by atoms with Gasteiger partial charge in [-0.1, -0.05) is 0 Å². The van der Waals surface area contributed by atoms with Gasteiger partial charge in [-0.15, -0.1) is 0 Å². The molecule has 1 saturated heterocycles. The third kappa shape index (κ3) is 3.36. The number of carbonyl (C=O) groups is 2. The van der Waals surface area contributed by atoms with Crippen LogP contribution in [0.4, 0.5) is 8.78 Å².